The first kappa shape index (κ1) is 11.4. The molecule has 2 rings (SSSR count). The predicted octanol–water partition coefficient (Wildman–Crippen LogP) is 2.68. The molecule has 0 amide bonds. The maximum absolute atomic E-state index is 10.9. The maximum atomic E-state index is 10.9. The molecule has 0 saturated heterocycles. The fourth-order valence-electron chi connectivity index (χ4n) is 1.53. The van der Waals surface area contributed by atoms with Gasteiger partial charge in [0, 0.05) is 6.07 Å². The van der Waals surface area contributed by atoms with Gasteiger partial charge < -0.3 is 9.26 Å². The van der Waals surface area contributed by atoms with E-state index in [1.54, 1.807) is 18.2 Å². The molecule has 0 saturated carbocycles. The van der Waals surface area contributed by atoms with Gasteiger partial charge in [-0.25, -0.2) is 0 Å². The van der Waals surface area contributed by atoms with Gasteiger partial charge in [-0.1, -0.05) is 16.8 Å². The van der Waals surface area contributed by atoms with Crippen LogP contribution in [0.4, 0.5) is 0 Å². The Morgan fingerprint density at radius 3 is 2.82 bits per heavy atom. The molecular formula is C13H13NO3. The van der Waals surface area contributed by atoms with Gasteiger partial charge in [-0.3, -0.25) is 4.79 Å². The van der Waals surface area contributed by atoms with E-state index >= 15 is 0 Å². The molecule has 0 aliphatic rings. The Labute approximate surface area is 99.2 Å². The van der Waals surface area contributed by atoms with E-state index in [2.05, 4.69) is 5.16 Å². The minimum atomic E-state index is 0.293. The lowest BCUT2D eigenvalue weighted by Crippen LogP contribution is -1.98. The molecule has 0 N–H and O–H groups in total. The standard InChI is InChI=1S/C13H13NO3/c1-9-3-4-13(11(5-9)7-15)16-8-12-6-10(2)17-14-12/h3-7H,8H2,1-2H3. The van der Waals surface area contributed by atoms with E-state index in [1.807, 2.05) is 19.9 Å². The highest BCUT2D eigenvalue weighted by Gasteiger charge is 2.05. The van der Waals surface area contributed by atoms with Gasteiger partial charge in [0.15, 0.2) is 6.29 Å². The Kier molecular flexibility index (Phi) is 3.23. The molecular weight excluding hydrogens is 218 g/mol. The van der Waals surface area contributed by atoms with Crippen LogP contribution in [0.25, 0.3) is 0 Å². The molecule has 0 aliphatic heterocycles. The lowest BCUT2D eigenvalue weighted by Gasteiger charge is -2.07. The topological polar surface area (TPSA) is 52.3 Å². The highest BCUT2D eigenvalue weighted by atomic mass is 16.5. The molecule has 17 heavy (non-hydrogen) atoms. The van der Waals surface area contributed by atoms with Gasteiger partial charge in [0.1, 0.15) is 23.8 Å². The van der Waals surface area contributed by atoms with Gasteiger partial charge in [-0.05, 0) is 26.0 Å². The molecule has 0 bridgehead atoms. The quantitative estimate of drug-likeness (QED) is 0.759. The minimum absolute atomic E-state index is 0.293. The summed E-state index contributed by atoms with van der Waals surface area (Å²) in [7, 11) is 0. The van der Waals surface area contributed by atoms with E-state index in [0.717, 1.165) is 17.6 Å². The Morgan fingerprint density at radius 2 is 2.18 bits per heavy atom. The molecule has 1 heterocycles. The van der Waals surface area contributed by atoms with E-state index in [0.29, 0.717) is 23.6 Å². The monoisotopic (exact) mass is 231 g/mol. The predicted molar refractivity (Wildman–Crippen MR) is 62.1 cm³/mol. The van der Waals surface area contributed by atoms with Gasteiger partial charge in [0.25, 0.3) is 0 Å². The highest BCUT2D eigenvalue weighted by molar-refractivity contribution is 5.79. The summed E-state index contributed by atoms with van der Waals surface area (Å²) < 4.78 is 10.5. The highest BCUT2D eigenvalue weighted by Crippen LogP contribution is 2.19. The van der Waals surface area contributed by atoms with Crippen molar-refractivity contribution in [1.29, 1.82) is 0 Å². The number of benzene rings is 1. The van der Waals surface area contributed by atoms with Crippen LogP contribution in [0.3, 0.4) is 0 Å². The van der Waals surface area contributed by atoms with Crippen LogP contribution in [-0.4, -0.2) is 11.4 Å². The number of ether oxygens (including phenoxy) is 1. The summed E-state index contributed by atoms with van der Waals surface area (Å²) >= 11 is 0. The van der Waals surface area contributed by atoms with Crippen molar-refractivity contribution >= 4 is 6.29 Å². The summed E-state index contributed by atoms with van der Waals surface area (Å²) in [5.41, 5.74) is 2.28. The summed E-state index contributed by atoms with van der Waals surface area (Å²) in [6.07, 6.45) is 0.788. The molecule has 1 aromatic carbocycles. The van der Waals surface area contributed by atoms with Crippen LogP contribution in [0.2, 0.25) is 0 Å². The first-order valence-corrected chi connectivity index (χ1v) is 5.30. The Morgan fingerprint density at radius 1 is 1.35 bits per heavy atom. The molecule has 1 aromatic heterocycles. The van der Waals surface area contributed by atoms with Crippen LogP contribution in [0, 0.1) is 13.8 Å². The van der Waals surface area contributed by atoms with Crippen molar-refractivity contribution in [3.8, 4) is 5.75 Å². The first-order chi connectivity index (χ1) is 8.19. The fourth-order valence-corrected chi connectivity index (χ4v) is 1.53. The summed E-state index contributed by atoms with van der Waals surface area (Å²) in [5, 5.41) is 3.82. The summed E-state index contributed by atoms with van der Waals surface area (Å²) in [6.45, 7) is 4.04. The summed E-state index contributed by atoms with van der Waals surface area (Å²) in [4.78, 5) is 10.9. The zero-order valence-corrected chi connectivity index (χ0v) is 9.77. The smallest absolute Gasteiger partial charge is 0.153 e. The largest absolute Gasteiger partial charge is 0.486 e. The van der Waals surface area contributed by atoms with Crippen molar-refractivity contribution in [3.05, 3.63) is 46.8 Å². The zero-order chi connectivity index (χ0) is 12.3. The van der Waals surface area contributed by atoms with E-state index in [1.165, 1.54) is 0 Å². The van der Waals surface area contributed by atoms with Crippen LogP contribution in [0.1, 0.15) is 27.4 Å². The Bertz CT molecular complexity index is 531. The van der Waals surface area contributed by atoms with Crippen LogP contribution in [-0.2, 0) is 6.61 Å². The van der Waals surface area contributed by atoms with Gasteiger partial charge in [0.2, 0.25) is 0 Å². The second-order valence-electron chi connectivity index (χ2n) is 3.88. The molecule has 0 unspecified atom stereocenters. The van der Waals surface area contributed by atoms with Crippen molar-refractivity contribution in [1.82, 2.24) is 5.16 Å². The molecule has 2 aromatic rings. The number of hydrogen-bond donors (Lipinski definition) is 0. The number of rotatable bonds is 4. The third-order valence-corrected chi connectivity index (χ3v) is 2.34. The van der Waals surface area contributed by atoms with Crippen molar-refractivity contribution in [3.63, 3.8) is 0 Å². The van der Waals surface area contributed by atoms with Crippen molar-refractivity contribution in [2.24, 2.45) is 0 Å². The zero-order valence-electron chi connectivity index (χ0n) is 9.77. The Balaban J connectivity index is 2.11. The second kappa shape index (κ2) is 4.82. The first-order valence-electron chi connectivity index (χ1n) is 5.30. The molecule has 0 spiro atoms. The second-order valence-corrected chi connectivity index (χ2v) is 3.88. The number of nitrogens with zero attached hydrogens (tertiary/aromatic N) is 1. The fraction of sp³-hybridized carbons (Fsp3) is 0.231. The normalized spacial score (nSPS) is 10.2. The van der Waals surface area contributed by atoms with Crippen molar-refractivity contribution in [2.45, 2.75) is 20.5 Å². The molecule has 88 valence electrons. The third kappa shape index (κ3) is 2.72. The van der Waals surface area contributed by atoms with Crippen LogP contribution in [0.15, 0.2) is 28.8 Å². The van der Waals surface area contributed by atoms with Crippen LogP contribution < -0.4 is 4.74 Å². The van der Waals surface area contributed by atoms with Gasteiger partial charge in [-0.15, -0.1) is 0 Å². The molecule has 0 aliphatic carbocycles. The summed E-state index contributed by atoms with van der Waals surface area (Å²) in [6, 6.07) is 7.27. The number of hydrogen-bond acceptors (Lipinski definition) is 4. The average Bonchev–Trinajstić information content (AvgIpc) is 2.73. The maximum Gasteiger partial charge on any atom is 0.153 e. The van der Waals surface area contributed by atoms with Crippen molar-refractivity contribution in [2.75, 3.05) is 0 Å². The van der Waals surface area contributed by atoms with E-state index in [9.17, 15) is 4.79 Å². The number of aldehydes is 1. The van der Waals surface area contributed by atoms with Crippen molar-refractivity contribution < 1.29 is 14.1 Å². The number of aromatic nitrogens is 1. The SMILES string of the molecule is Cc1ccc(OCc2cc(C)on2)c(C=O)c1. The van der Waals surface area contributed by atoms with Gasteiger partial charge in [0.05, 0.1) is 5.56 Å². The minimum Gasteiger partial charge on any atom is -0.486 e. The molecule has 0 atom stereocenters. The Hall–Kier alpha value is -2.10. The lowest BCUT2D eigenvalue weighted by atomic mass is 10.1. The number of carbonyl (C=O) groups excluding carboxylic acids is 1. The molecule has 0 radical (unpaired) electrons. The van der Waals surface area contributed by atoms with E-state index in [-0.39, 0.29) is 0 Å². The van der Waals surface area contributed by atoms with Crippen LogP contribution in [0.5, 0.6) is 5.75 Å². The summed E-state index contributed by atoms with van der Waals surface area (Å²) in [5.74, 6) is 1.30. The van der Waals surface area contributed by atoms with Gasteiger partial charge >= 0.3 is 0 Å². The van der Waals surface area contributed by atoms with E-state index < -0.39 is 0 Å². The van der Waals surface area contributed by atoms with Crippen LogP contribution >= 0.6 is 0 Å². The number of aryl methyl sites for hydroxylation is 2. The van der Waals surface area contributed by atoms with E-state index in [4.69, 9.17) is 9.26 Å². The molecule has 0 fully saturated rings. The average molecular weight is 231 g/mol. The molecule has 4 nitrogen and oxygen atoms in total. The lowest BCUT2D eigenvalue weighted by molar-refractivity contribution is 0.111. The third-order valence-electron chi connectivity index (χ3n) is 2.34. The van der Waals surface area contributed by atoms with Gasteiger partial charge in [-0.2, -0.15) is 0 Å². The molecule has 4 heteroatoms. The number of carbonyl (C=O) groups is 1.